The molecule has 0 aliphatic carbocycles. The van der Waals surface area contributed by atoms with Gasteiger partial charge >= 0.3 is 0 Å². The topological polar surface area (TPSA) is 65.6 Å². The van der Waals surface area contributed by atoms with Crippen molar-refractivity contribution in [1.82, 2.24) is 9.88 Å². The van der Waals surface area contributed by atoms with Crippen LogP contribution in [-0.2, 0) is 11.3 Å². The average molecular weight is 405 g/mol. The van der Waals surface area contributed by atoms with Crippen molar-refractivity contribution >= 4 is 22.5 Å². The minimum atomic E-state index is -0.274. The molecule has 1 aliphatic heterocycles. The lowest BCUT2D eigenvalue weighted by molar-refractivity contribution is 0.0508. The minimum absolute atomic E-state index is 0.0308. The van der Waals surface area contributed by atoms with Crippen LogP contribution in [0.25, 0.3) is 10.9 Å². The van der Waals surface area contributed by atoms with Crippen LogP contribution in [0, 0.1) is 0 Å². The number of nitrogens with zero attached hydrogens (tertiary/aromatic N) is 2. The van der Waals surface area contributed by atoms with E-state index in [9.17, 15) is 9.59 Å². The lowest BCUT2D eigenvalue weighted by Gasteiger charge is -2.26. The van der Waals surface area contributed by atoms with E-state index in [1.807, 2.05) is 72.4 Å². The number of anilines is 1. The van der Waals surface area contributed by atoms with Gasteiger partial charge in [0.15, 0.2) is 0 Å². The zero-order valence-electron chi connectivity index (χ0n) is 17.4. The van der Waals surface area contributed by atoms with Gasteiger partial charge in [0, 0.05) is 56.4 Å². The lowest BCUT2D eigenvalue weighted by atomic mass is 10.1. The summed E-state index contributed by atoms with van der Waals surface area (Å²) in [5.41, 5.74) is 2.97. The molecule has 3 aromatic rings. The highest BCUT2D eigenvalue weighted by atomic mass is 16.5. The van der Waals surface area contributed by atoms with E-state index in [1.165, 1.54) is 6.07 Å². The number of aromatic amines is 1. The lowest BCUT2D eigenvalue weighted by Crippen LogP contribution is -2.37. The van der Waals surface area contributed by atoms with Gasteiger partial charge in [-0.25, -0.2) is 0 Å². The number of amides is 1. The third kappa shape index (κ3) is 4.39. The van der Waals surface area contributed by atoms with Gasteiger partial charge in [0.2, 0.25) is 5.56 Å². The number of benzene rings is 2. The van der Waals surface area contributed by atoms with Crippen LogP contribution in [0.4, 0.5) is 5.69 Å². The van der Waals surface area contributed by atoms with Crippen molar-refractivity contribution in [2.24, 2.45) is 0 Å². The Hall–Kier alpha value is -3.12. The summed E-state index contributed by atoms with van der Waals surface area (Å²) >= 11 is 0. The fourth-order valence-electron chi connectivity index (χ4n) is 3.93. The number of hydrogen-bond donors (Lipinski definition) is 1. The van der Waals surface area contributed by atoms with Gasteiger partial charge in [0.05, 0.1) is 11.7 Å². The summed E-state index contributed by atoms with van der Waals surface area (Å²) in [5, 5.41) is 0.752. The number of nitrogens with one attached hydrogen (secondary N) is 1. The number of fused-ring (bicyclic) bond motifs is 1. The Morgan fingerprint density at radius 3 is 2.60 bits per heavy atom. The fraction of sp³-hybridized carbons (Fsp3) is 0.333. The molecule has 1 N–H and O–H groups in total. The smallest absolute Gasteiger partial charge is 0.255 e. The Morgan fingerprint density at radius 2 is 1.90 bits per heavy atom. The van der Waals surface area contributed by atoms with Crippen molar-refractivity contribution in [2.75, 3.05) is 32.1 Å². The summed E-state index contributed by atoms with van der Waals surface area (Å²) in [7, 11) is 4.00. The standard InChI is InChI=1S/C24H27N3O3/c1-26(2)18-11-9-17(10-12-18)15-27(16-19-6-5-13-30-19)24(29)21-14-23(28)25-22-8-4-3-7-20(21)22/h3-4,7-12,14,19H,5-6,13,15-16H2,1-2H3,(H,25,28)/t19-/m1/s1. The van der Waals surface area contributed by atoms with E-state index >= 15 is 0 Å². The number of aromatic nitrogens is 1. The molecule has 1 aliphatic rings. The summed E-state index contributed by atoms with van der Waals surface area (Å²) in [4.78, 5) is 32.4. The molecule has 1 amide bonds. The average Bonchev–Trinajstić information content (AvgIpc) is 3.25. The van der Waals surface area contributed by atoms with Crippen molar-refractivity contribution in [1.29, 1.82) is 0 Å². The predicted octanol–water partition coefficient (Wildman–Crippen LogP) is 3.42. The number of rotatable bonds is 6. The van der Waals surface area contributed by atoms with Crippen LogP contribution in [0.1, 0.15) is 28.8 Å². The van der Waals surface area contributed by atoms with Crippen LogP contribution in [-0.4, -0.2) is 49.1 Å². The maximum absolute atomic E-state index is 13.6. The molecule has 0 spiro atoms. The van der Waals surface area contributed by atoms with Crippen LogP contribution >= 0.6 is 0 Å². The number of ether oxygens (including phenoxy) is 1. The minimum Gasteiger partial charge on any atom is -0.378 e. The van der Waals surface area contributed by atoms with Gasteiger partial charge < -0.3 is 19.5 Å². The van der Waals surface area contributed by atoms with E-state index in [0.717, 1.165) is 36.1 Å². The molecule has 0 radical (unpaired) electrons. The largest absolute Gasteiger partial charge is 0.378 e. The van der Waals surface area contributed by atoms with Gasteiger partial charge in [-0.2, -0.15) is 0 Å². The zero-order valence-corrected chi connectivity index (χ0v) is 17.4. The molecule has 1 aromatic heterocycles. The first-order chi connectivity index (χ1) is 14.5. The van der Waals surface area contributed by atoms with E-state index in [1.54, 1.807) is 0 Å². The van der Waals surface area contributed by atoms with Gasteiger partial charge in [-0.15, -0.1) is 0 Å². The fourth-order valence-corrected chi connectivity index (χ4v) is 3.93. The summed E-state index contributed by atoms with van der Waals surface area (Å²) in [5.74, 6) is -0.149. The summed E-state index contributed by atoms with van der Waals surface area (Å²) < 4.78 is 5.80. The quantitative estimate of drug-likeness (QED) is 0.683. The molecule has 4 rings (SSSR count). The Morgan fingerprint density at radius 1 is 1.13 bits per heavy atom. The van der Waals surface area contributed by atoms with Gasteiger partial charge in [-0.1, -0.05) is 30.3 Å². The normalized spacial score (nSPS) is 16.0. The van der Waals surface area contributed by atoms with Gasteiger partial charge in [0.1, 0.15) is 0 Å². The molecule has 1 fully saturated rings. The molecular formula is C24H27N3O3. The maximum atomic E-state index is 13.6. The van der Waals surface area contributed by atoms with Crippen LogP contribution < -0.4 is 10.5 Å². The molecule has 156 valence electrons. The molecule has 0 unspecified atom stereocenters. The molecule has 30 heavy (non-hydrogen) atoms. The Kier molecular flexibility index (Phi) is 5.86. The first-order valence-electron chi connectivity index (χ1n) is 10.3. The highest BCUT2D eigenvalue weighted by Crippen LogP contribution is 2.21. The van der Waals surface area contributed by atoms with Gasteiger partial charge in [-0.05, 0) is 36.6 Å². The number of carbonyl (C=O) groups excluding carboxylic acids is 1. The summed E-state index contributed by atoms with van der Waals surface area (Å²) in [6.45, 7) is 1.71. The highest BCUT2D eigenvalue weighted by Gasteiger charge is 2.25. The molecule has 2 heterocycles. The van der Waals surface area contributed by atoms with Crippen molar-refractivity contribution in [3.8, 4) is 0 Å². The van der Waals surface area contributed by atoms with Crippen LogP contribution in [0.3, 0.4) is 0 Å². The SMILES string of the molecule is CN(C)c1ccc(CN(C[C@H]2CCCO2)C(=O)c2cc(=O)[nH]c3ccccc23)cc1. The van der Waals surface area contributed by atoms with Crippen molar-refractivity contribution in [3.05, 3.63) is 76.1 Å². The second-order valence-electron chi connectivity index (χ2n) is 7.97. The Balaban J connectivity index is 1.67. The Labute approximate surface area is 176 Å². The molecule has 0 bridgehead atoms. The van der Waals surface area contributed by atoms with Crippen molar-refractivity contribution in [2.45, 2.75) is 25.5 Å². The van der Waals surface area contributed by atoms with E-state index in [4.69, 9.17) is 4.74 Å². The second kappa shape index (κ2) is 8.71. The first-order valence-corrected chi connectivity index (χ1v) is 10.3. The number of hydrogen-bond acceptors (Lipinski definition) is 4. The molecule has 1 atom stereocenters. The van der Waals surface area contributed by atoms with E-state index in [2.05, 4.69) is 4.98 Å². The monoisotopic (exact) mass is 405 g/mol. The number of carbonyl (C=O) groups is 1. The van der Waals surface area contributed by atoms with Gasteiger partial charge in [0.25, 0.3) is 5.91 Å². The third-order valence-corrected chi connectivity index (χ3v) is 5.54. The van der Waals surface area contributed by atoms with Crippen LogP contribution in [0.15, 0.2) is 59.4 Å². The van der Waals surface area contributed by atoms with Crippen molar-refractivity contribution in [3.63, 3.8) is 0 Å². The maximum Gasteiger partial charge on any atom is 0.255 e. The molecule has 6 nitrogen and oxygen atoms in total. The number of pyridine rings is 1. The predicted molar refractivity (Wildman–Crippen MR) is 119 cm³/mol. The van der Waals surface area contributed by atoms with Crippen molar-refractivity contribution < 1.29 is 9.53 Å². The summed E-state index contributed by atoms with van der Waals surface area (Å²) in [6.07, 6.45) is 1.99. The molecule has 2 aromatic carbocycles. The second-order valence-corrected chi connectivity index (χ2v) is 7.97. The highest BCUT2D eigenvalue weighted by molar-refractivity contribution is 6.05. The van der Waals surface area contributed by atoms with Crippen LogP contribution in [0.5, 0.6) is 0 Å². The number of para-hydroxylation sites is 1. The molecule has 1 saturated heterocycles. The Bertz CT molecular complexity index is 1080. The third-order valence-electron chi connectivity index (χ3n) is 5.54. The molecule has 0 saturated carbocycles. The van der Waals surface area contributed by atoms with E-state index < -0.39 is 0 Å². The van der Waals surface area contributed by atoms with E-state index in [0.29, 0.717) is 24.2 Å². The number of H-pyrrole nitrogens is 1. The molecule has 6 heteroatoms. The molecular weight excluding hydrogens is 378 g/mol. The van der Waals surface area contributed by atoms with Gasteiger partial charge in [-0.3, -0.25) is 9.59 Å². The van der Waals surface area contributed by atoms with Crippen LogP contribution in [0.2, 0.25) is 0 Å². The summed E-state index contributed by atoms with van der Waals surface area (Å²) in [6, 6.07) is 17.0. The van der Waals surface area contributed by atoms with E-state index in [-0.39, 0.29) is 17.6 Å². The zero-order chi connectivity index (χ0) is 21.1. The first kappa shape index (κ1) is 20.2.